The predicted molar refractivity (Wildman–Crippen MR) is 42.5 cm³/mol. The van der Waals surface area contributed by atoms with Crippen molar-refractivity contribution in [2.24, 2.45) is 0 Å². The molecule has 0 amide bonds. The zero-order valence-electron chi connectivity index (χ0n) is 5.01. The Labute approximate surface area is 76.0 Å². The molecule has 0 fully saturated rings. The molecule has 1 aromatic rings. The first-order chi connectivity index (χ1) is 5.11. The molecule has 0 saturated carbocycles. The van der Waals surface area contributed by atoms with Gasteiger partial charge in [-0.05, 0) is 23.2 Å². The first kappa shape index (κ1) is 8.64. The normalized spacial score (nSPS) is 9.64. The summed E-state index contributed by atoms with van der Waals surface area (Å²) < 4.78 is 0. The highest BCUT2D eigenvalue weighted by Crippen LogP contribution is 2.13. The van der Waals surface area contributed by atoms with E-state index in [0.717, 1.165) is 11.3 Å². The van der Waals surface area contributed by atoms with Gasteiger partial charge in [-0.2, -0.15) is 0 Å². The molecule has 0 spiro atoms. The second-order valence-corrected chi connectivity index (χ2v) is 3.13. The molecule has 0 atom stereocenters. The zero-order valence-corrected chi connectivity index (χ0v) is 7.33. The van der Waals surface area contributed by atoms with Crippen molar-refractivity contribution in [3.8, 4) is 0 Å². The lowest BCUT2D eigenvalue weighted by Gasteiger charge is -1.80. The first-order valence-electron chi connectivity index (χ1n) is 2.46. The van der Waals surface area contributed by atoms with Crippen LogP contribution in [-0.4, -0.2) is 15.5 Å². The summed E-state index contributed by atoms with van der Waals surface area (Å²) in [7, 11) is 0. The Morgan fingerprint density at radius 1 is 1.36 bits per heavy atom. The van der Waals surface area contributed by atoms with Crippen molar-refractivity contribution in [3.63, 3.8) is 0 Å². The number of rotatable bonds is 2. The van der Waals surface area contributed by atoms with Gasteiger partial charge < -0.3 is 0 Å². The fourth-order valence-electron chi connectivity index (χ4n) is 0.454. The van der Waals surface area contributed by atoms with Gasteiger partial charge in [-0.15, -0.1) is 11.3 Å². The molecule has 3 nitrogen and oxygen atoms in total. The second kappa shape index (κ2) is 3.30. The van der Waals surface area contributed by atoms with E-state index in [9.17, 15) is 9.59 Å². The average Bonchev–Trinajstić information content (AvgIpc) is 2.33. The van der Waals surface area contributed by atoms with Crippen LogP contribution in [0.5, 0.6) is 0 Å². The highest BCUT2D eigenvalue weighted by molar-refractivity contribution is 7.13. The van der Waals surface area contributed by atoms with Crippen LogP contribution < -0.4 is 0 Å². The third-order valence-corrected chi connectivity index (χ3v) is 2.20. The Kier molecular flexibility index (Phi) is 2.59. The van der Waals surface area contributed by atoms with E-state index in [1.807, 2.05) is 0 Å². The molecule has 1 aromatic heterocycles. The molecule has 58 valence electrons. The Morgan fingerprint density at radius 3 is 2.27 bits per heavy atom. The van der Waals surface area contributed by atoms with E-state index in [0.29, 0.717) is 0 Å². The lowest BCUT2D eigenvalue weighted by Crippen LogP contribution is -1.91. The maximum atomic E-state index is 10.4. The minimum Gasteiger partial charge on any atom is -0.274 e. The molecular weight excluding hydrogens is 209 g/mol. The molecule has 0 aliphatic carbocycles. The van der Waals surface area contributed by atoms with Crippen molar-refractivity contribution in [2.75, 3.05) is 0 Å². The minimum atomic E-state index is -0.689. The van der Waals surface area contributed by atoms with Crippen LogP contribution in [0.4, 0.5) is 0 Å². The molecule has 11 heavy (non-hydrogen) atoms. The lowest BCUT2D eigenvalue weighted by atomic mass is 10.5. The maximum absolute atomic E-state index is 10.4. The summed E-state index contributed by atoms with van der Waals surface area (Å²) in [5.74, 6) is 0. The van der Waals surface area contributed by atoms with Crippen LogP contribution in [0.15, 0.2) is 5.38 Å². The van der Waals surface area contributed by atoms with Gasteiger partial charge in [0.15, 0.2) is 5.01 Å². The van der Waals surface area contributed by atoms with Crippen molar-refractivity contribution in [2.45, 2.75) is 0 Å². The van der Waals surface area contributed by atoms with Gasteiger partial charge in [0, 0.05) is 5.38 Å². The third kappa shape index (κ3) is 1.99. The lowest BCUT2D eigenvalue weighted by molar-refractivity contribution is 0.107. The number of carbonyl (C=O) groups excluding carboxylic acids is 2. The second-order valence-electron chi connectivity index (χ2n) is 1.59. The summed E-state index contributed by atoms with van der Waals surface area (Å²) in [6.45, 7) is 0. The fraction of sp³-hybridized carbons (Fsp3) is 0. The SMILES string of the molecule is O=C(Cl)c1csc(C(=O)Cl)n1. The highest BCUT2D eigenvalue weighted by Gasteiger charge is 2.11. The van der Waals surface area contributed by atoms with Crippen molar-refractivity contribution < 1.29 is 9.59 Å². The van der Waals surface area contributed by atoms with Crippen LogP contribution in [0.2, 0.25) is 0 Å². The van der Waals surface area contributed by atoms with Gasteiger partial charge in [0.25, 0.3) is 10.5 Å². The van der Waals surface area contributed by atoms with Gasteiger partial charge in [-0.25, -0.2) is 4.98 Å². The van der Waals surface area contributed by atoms with Crippen LogP contribution in [0.1, 0.15) is 20.3 Å². The first-order valence-corrected chi connectivity index (χ1v) is 4.10. The van der Waals surface area contributed by atoms with Gasteiger partial charge in [-0.1, -0.05) is 0 Å². The van der Waals surface area contributed by atoms with Gasteiger partial charge >= 0.3 is 0 Å². The van der Waals surface area contributed by atoms with Crippen LogP contribution in [0, 0.1) is 0 Å². The number of nitrogens with zero attached hydrogens (tertiary/aromatic N) is 1. The number of aromatic nitrogens is 1. The van der Waals surface area contributed by atoms with Gasteiger partial charge in [0.1, 0.15) is 5.69 Å². The molecule has 0 radical (unpaired) electrons. The fourth-order valence-corrected chi connectivity index (χ4v) is 1.42. The zero-order chi connectivity index (χ0) is 8.43. The average molecular weight is 210 g/mol. The largest absolute Gasteiger partial charge is 0.281 e. The van der Waals surface area contributed by atoms with E-state index in [1.165, 1.54) is 5.38 Å². The van der Waals surface area contributed by atoms with Crippen molar-refractivity contribution in [1.29, 1.82) is 0 Å². The Morgan fingerprint density at radius 2 is 2.00 bits per heavy atom. The molecule has 0 aromatic carbocycles. The smallest absolute Gasteiger partial charge is 0.274 e. The van der Waals surface area contributed by atoms with E-state index in [2.05, 4.69) is 4.98 Å². The maximum Gasteiger partial charge on any atom is 0.281 e. The number of hydrogen-bond acceptors (Lipinski definition) is 4. The molecule has 0 saturated heterocycles. The van der Waals surface area contributed by atoms with Gasteiger partial charge in [-0.3, -0.25) is 9.59 Å². The van der Waals surface area contributed by atoms with Gasteiger partial charge in [0.05, 0.1) is 0 Å². The number of carbonyl (C=O) groups is 2. The topological polar surface area (TPSA) is 47.0 Å². The summed E-state index contributed by atoms with van der Waals surface area (Å²) in [5, 5.41) is 0.0885. The molecule has 0 unspecified atom stereocenters. The van der Waals surface area contributed by atoms with E-state index < -0.39 is 10.5 Å². The summed E-state index contributed by atoms with van der Waals surface area (Å²) in [6.07, 6.45) is 0. The van der Waals surface area contributed by atoms with Crippen LogP contribution in [-0.2, 0) is 0 Å². The van der Waals surface area contributed by atoms with E-state index in [4.69, 9.17) is 23.2 Å². The minimum absolute atomic E-state index is 0.0562. The van der Waals surface area contributed by atoms with Crippen LogP contribution in [0.3, 0.4) is 0 Å². The molecule has 0 aliphatic rings. The van der Waals surface area contributed by atoms with Crippen molar-refractivity contribution in [1.82, 2.24) is 4.98 Å². The predicted octanol–water partition coefficient (Wildman–Crippen LogP) is 1.90. The number of halogens is 2. The summed E-state index contributed by atoms with van der Waals surface area (Å²) in [5.41, 5.74) is 0.0562. The van der Waals surface area contributed by atoms with Crippen molar-refractivity contribution in [3.05, 3.63) is 16.1 Å². The summed E-state index contributed by atoms with van der Waals surface area (Å²) in [4.78, 5) is 24.4. The van der Waals surface area contributed by atoms with Crippen LogP contribution in [0.25, 0.3) is 0 Å². The Bertz CT molecular complexity index is 281. The van der Waals surface area contributed by atoms with Crippen molar-refractivity contribution >= 4 is 45.0 Å². The molecular formula is C5HCl2NO2S. The molecule has 6 heteroatoms. The molecule has 0 aliphatic heterocycles. The third-order valence-electron chi connectivity index (χ3n) is 0.874. The Hall–Kier alpha value is -0.450. The molecule has 0 N–H and O–H groups in total. The molecule has 1 rings (SSSR count). The van der Waals surface area contributed by atoms with E-state index >= 15 is 0 Å². The monoisotopic (exact) mass is 209 g/mol. The van der Waals surface area contributed by atoms with Crippen LogP contribution >= 0.6 is 34.5 Å². The standard InChI is InChI=1S/C5HCl2NO2S/c6-3(9)2-1-11-5(8-2)4(7)10/h1H. The number of thiazole rings is 1. The molecule has 1 heterocycles. The van der Waals surface area contributed by atoms with E-state index in [-0.39, 0.29) is 10.7 Å². The quantitative estimate of drug-likeness (QED) is 0.700. The summed E-state index contributed by atoms with van der Waals surface area (Å²) >= 11 is 11.1. The summed E-state index contributed by atoms with van der Waals surface area (Å²) in [6, 6.07) is 0. The molecule has 0 bridgehead atoms. The number of hydrogen-bond donors (Lipinski definition) is 0. The highest BCUT2D eigenvalue weighted by atomic mass is 35.5. The van der Waals surface area contributed by atoms with Gasteiger partial charge in [0.2, 0.25) is 0 Å². The Balaban J connectivity index is 2.99. The van der Waals surface area contributed by atoms with E-state index in [1.54, 1.807) is 0 Å².